The van der Waals surface area contributed by atoms with E-state index in [9.17, 15) is 0 Å². The maximum atomic E-state index is 4.58. The Morgan fingerprint density at radius 3 is 1.32 bits per heavy atom. The van der Waals surface area contributed by atoms with Crippen molar-refractivity contribution < 1.29 is 13.4 Å². The third-order valence-electron chi connectivity index (χ3n) is 13.6. The highest BCUT2D eigenvalue weighted by atomic mass is 32.1. The molecule has 0 atom stereocenters. The van der Waals surface area contributed by atoms with Crippen LogP contribution in [0.25, 0.3) is 54.8 Å². The van der Waals surface area contributed by atoms with Gasteiger partial charge in [0.25, 0.3) is 0 Å². The number of rotatable bonds is 0. The summed E-state index contributed by atoms with van der Waals surface area (Å²) in [7, 11) is 0. The molecule has 22 aromatic heterocycles. The highest BCUT2D eigenvalue weighted by Crippen LogP contribution is 2.12. The first-order valence-corrected chi connectivity index (χ1v) is 40.7. The van der Waals surface area contributed by atoms with E-state index in [4.69, 9.17) is 0 Å². The smallest absolute Gasteiger partial charge is 0.180 e. The van der Waals surface area contributed by atoms with Crippen molar-refractivity contribution in [1.29, 1.82) is 0 Å². The first kappa shape index (κ1) is 102. The van der Waals surface area contributed by atoms with E-state index in [1.165, 1.54) is 96.5 Å². The van der Waals surface area contributed by atoms with Gasteiger partial charge in [0.1, 0.15) is 56.0 Å². The van der Waals surface area contributed by atoms with E-state index < -0.39 is 0 Å². The van der Waals surface area contributed by atoms with Gasteiger partial charge in [0.2, 0.25) is 0 Å². The van der Waals surface area contributed by atoms with Crippen molar-refractivity contribution in [3.05, 3.63) is 496 Å². The molecule has 0 aliphatic carbocycles. The summed E-state index contributed by atoms with van der Waals surface area (Å²) in [5.41, 5.74) is 7.76. The first-order chi connectivity index (χ1) is 66.3. The lowest BCUT2D eigenvalue weighted by Gasteiger charge is -1.91. The Morgan fingerprint density at radius 1 is 0.256 bits per heavy atom. The van der Waals surface area contributed by atoms with Gasteiger partial charge in [-0.05, 0) is 136 Å². The van der Waals surface area contributed by atoms with Crippen LogP contribution in [0.15, 0.2) is 509 Å². The lowest BCUT2D eigenvalue weighted by molar-refractivity contribution is 0.420. The number of hydrogen-bond acceptors (Lipinski definition) is 34. The van der Waals surface area contributed by atoms with Gasteiger partial charge in [0.15, 0.2) is 18.4 Å². The molecule has 42 heteroatoms. The van der Waals surface area contributed by atoms with Crippen LogP contribution < -0.4 is 0 Å². The summed E-state index contributed by atoms with van der Waals surface area (Å²) in [4.78, 5) is 82.3. The molecule has 0 spiro atoms. The second-order valence-electron chi connectivity index (χ2n) is 22.6. The third kappa shape index (κ3) is 58.4. The first-order valence-electron chi connectivity index (χ1n) is 38.8. The molecule has 22 heterocycles. The zero-order chi connectivity index (χ0) is 92.7. The number of tetrazole rings is 1. The molecule has 0 fully saturated rings. The lowest BCUT2D eigenvalue weighted by Crippen LogP contribution is -1.76. The molecule has 0 saturated carbocycles. The fraction of sp³-hybridized carbons (Fsp3) is 0. The monoisotopic (exact) mass is 1810 g/mol. The third-order valence-corrected chi connectivity index (χ3v) is 14.7. The molecule has 4 aromatic carbocycles. The minimum absolute atomic E-state index is 0.713. The van der Waals surface area contributed by atoms with Crippen LogP contribution in [-0.2, 0) is 0 Å². The van der Waals surface area contributed by atoms with Crippen LogP contribution in [0.4, 0.5) is 0 Å². The number of pyridine rings is 3. The van der Waals surface area contributed by atoms with E-state index in [1.807, 2.05) is 205 Å². The van der Waals surface area contributed by atoms with Crippen molar-refractivity contribution in [3.8, 4) is 0 Å². The molecule has 26 rings (SSSR count). The van der Waals surface area contributed by atoms with Crippen molar-refractivity contribution in [2.75, 3.05) is 0 Å². The van der Waals surface area contributed by atoms with Gasteiger partial charge in [-0.1, -0.05) is 107 Å². The van der Waals surface area contributed by atoms with Crippen LogP contribution in [0.5, 0.6) is 0 Å². The van der Waals surface area contributed by atoms with Crippen molar-refractivity contribution in [2.45, 2.75) is 0 Å². The van der Waals surface area contributed by atoms with Crippen LogP contribution >= 0.6 is 22.7 Å². The van der Waals surface area contributed by atoms with Gasteiger partial charge in [-0.2, -0.15) is 52.4 Å². The molecule has 0 aliphatic heterocycles. The number of fused-ring (bicyclic) bond motifs is 5. The molecule has 26 aromatic rings. The number of H-pyrrole nitrogens is 8. The molecule has 0 amide bonds. The maximum absolute atomic E-state index is 4.58. The van der Waals surface area contributed by atoms with Crippen LogP contribution in [0.2, 0.25) is 0 Å². The van der Waals surface area contributed by atoms with E-state index in [0.29, 0.717) is 5.65 Å². The van der Waals surface area contributed by atoms with E-state index in [1.54, 1.807) is 202 Å². The Balaban J connectivity index is 0.000000216. The topological polar surface area (TPSA) is 540 Å². The van der Waals surface area contributed by atoms with Gasteiger partial charge in [-0.25, -0.2) is 59.8 Å². The molecule has 40 nitrogen and oxygen atoms in total. The van der Waals surface area contributed by atoms with Gasteiger partial charge in [0.05, 0.1) is 90.7 Å². The van der Waals surface area contributed by atoms with Crippen molar-refractivity contribution in [3.63, 3.8) is 0 Å². The second-order valence-corrected chi connectivity index (χ2v) is 24.2. The SMILES string of the molecule is c1c[nH]cn1.c1cc[nH]c1.c1ccc2[nH]ccc2c1.c1ccc2[nH]cnc2c1.c1ccc2cnccc2c1.c1ccc2ncccc2c1.c1ccncc1.c1ccnnc1.c1ccoc1.c1ccsc1.c1cn[nH]c1.c1cn[nH]n1.c1cnccn1.c1cncnc1.c1cnncn1.c1cnoc1.c1cocn1.c1cscn1.c1ncc2[nH]cnc2n1.c1ncncn1.c1nn[nH]n1. The van der Waals surface area contributed by atoms with Crippen molar-refractivity contribution >= 4 is 77.4 Å². The Bertz CT molecular complexity index is 4970. The van der Waals surface area contributed by atoms with E-state index >= 15 is 0 Å². The van der Waals surface area contributed by atoms with Gasteiger partial charge >= 0.3 is 0 Å². The second kappa shape index (κ2) is 78.6. The lowest BCUT2D eigenvalue weighted by atomic mass is 10.2. The molecule has 0 radical (unpaired) electrons. The van der Waals surface area contributed by atoms with E-state index in [0.717, 1.165) is 22.1 Å². The average Bonchev–Trinajstić information content (AvgIpc) is 1.85. The number of nitrogens with zero attached hydrogens (tertiary/aromatic N) is 29. The normalized spacial score (nSPS) is 8.75. The van der Waals surface area contributed by atoms with Crippen LogP contribution in [0.3, 0.4) is 0 Å². The Hall–Kier alpha value is -19.4. The molecule has 0 unspecified atom stereocenters. The predicted molar refractivity (Wildman–Crippen MR) is 506 cm³/mol. The van der Waals surface area contributed by atoms with Gasteiger partial charge < -0.3 is 38.3 Å². The fourth-order valence-corrected chi connectivity index (χ4v) is 8.88. The number of benzene rings is 4. The summed E-state index contributed by atoms with van der Waals surface area (Å²) in [6, 6.07) is 66.8. The number of thiazole rings is 1. The molecule has 668 valence electrons. The number of para-hydroxylation sites is 4. The Labute approximate surface area is 769 Å². The summed E-state index contributed by atoms with van der Waals surface area (Å²) in [5.74, 6) is 0. The summed E-state index contributed by atoms with van der Waals surface area (Å²) in [6.07, 6.45) is 70.3. The number of nitrogens with one attached hydrogen (secondary N) is 8. The molecule has 133 heavy (non-hydrogen) atoms. The summed E-state index contributed by atoms with van der Waals surface area (Å²) in [5, 5.41) is 56.0. The number of furan rings is 1. The highest BCUT2D eigenvalue weighted by molar-refractivity contribution is 7.07. The highest BCUT2D eigenvalue weighted by Gasteiger charge is 1.93. The summed E-state index contributed by atoms with van der Waals surface area (Å²) < 4.78 is 13.4. The summed E-state index contributed by atoms with van der Waals surface area (Å²) >= 11 is 3.31. The average molecular weight is 1810 g/mol. The van der Waals surface area contributed by atoms with Gasteiger partial charge in [-0.15, -0.1) is 26.6 Å². The molecule has 0 saturated heterocycles. The predicted octanol–water partition coefficient (Wildman–Crippen LogP) is 17.2. The number of aromatic nitrogens is 37. The molecular formula is C91H89N37O3S2. The van der Waals surface area contributed by atoms with Gasteiger partial charge in [0, 0.05) is 153 Å². The number of imidazole rings is 3. The molecular weight excluding hydrogens is 1720 g/mol. The fourth-order valence-electron chi connectivity index (χ4n) is 8.08. The van der Waals surface area contributed by atoms with Crippen molar-refractivity contribution in [2.24, 2.45) is 0 Å². The van der Waals surface area contributed by atoms with Gasteiger partial charge in [-0.3, -0.25) is 35.0 Å². The Kier molecular flexibility index (Phi) is 60.5. The molecule has 0 bridgehead atoms. The molecule has 0 aliphatic rings. The maximum Gasteiger partial charge on any atom is 0.180 e. The minimum atomic E-state index is 0.713. The van der Waals surface area contributed by atoms with E-state index in [2.05, 4.69) is 242 Å². The van der Waals surface area contributed by atoms with Crippen LogP contribution in [0, 0.1) is 0 Å². The molecule has 8 N–H and O–H groups in total. The number of hydrogen-bond donors (Lipinski definition) is 8. The minimum Gasteiger partial charge on any atom is -0.473 e. The van der Waals surface area contributed by atoms with E-state index in [-0.39, 0.29) is 0 Å². The zero-order valence-corrected chi connectivity index (χ0v) is 72.4. The standard InChI is InChI=1S/2C9H7N.C8H7N.C7H6N2.C5H4N4.C5H5N.3C4H4N2.C4H5N.C4H4O.C4H4S.2C3H3N3.2C3H4N2.2C3H3NO.C3H3NS.C2H3N3.CH2N4/c1-2-6-9-8(4-1)5-3-7-10-9;1-2-4-9-7-10-6-5-8(9)3-1;1-2-4-8-7(3-1)5-6-9-8;1-2-4-7-6(3-1)8-5-9-7;1-4-5(8-2-6-1)9-3-7-4;1-2-4-6-5-3-1;1-2-6-4-3-5-1;1-2-5-4-6-3-1;1-2-4-6-5-3-1;3*1-2-4-5-3-1;1-4-2-6-3-5-1;1-2-5-6-3-4-1;1-2-5-3-4-1;1-2-4-5-3-1;1-2-5-3-4-1;1-2-4-5-3-1;1-2-5-3-4-1;2*1-2-4-5-3-1/h2*1-7H;1-6,9H;1-5H,(H,8,9);1-3H,(H,6,7,8,9);1-5H;3*1-4H;1-5H;2*1-4H;2*1-3H;2*1-3H,(H,4,5);3*1-3H;1-2H,(H,3,4,5);1H,(H,2,3,4,5). The Morgan fingerprint density at radius 2 is 0.917 bits per heavy atom. The zero-order valence-electron chi connectivity index (χ0n) is 70.8. The number of oxazole rings is 1. The largest absolute Gasteiger partial charge is 0.473 e. The quantitative estimate of drug-likeness (QED) is 0.0699. The summed E-state index contributed by atoms with van der Waals surface area (Å²) in [6.45, 7) is 0. The number of thiophene rings is 1. The van der Waals surface area contributed by atoms with Crippen molar-refractivity contribution in [1.82, 2.24) is 186 Å². The van der Waals surface area contributed by atoms with Crippen LogP contribution in [-0.4, -0.2) is 186 Å². The number of aromatic amines is 8. The van der Waals surface area contributed by atoms with Crippen LogP contribution in [0.1, 0.15) is 0 Å².